The maximum atomic E-state index is 12.7. The third kappa shape index (κ3) is 9.04. The van der Waals surface area contributed by atoms with Crippen LogP contribution in [0, 0.1) is 6.92 Å². The van der Waals surface area contributed by atoms with Gasteiger partial charge in [0.05, 0.1) is 44.2 Å². The average Bonchev–Trinajstić information content (AvgIpc) is 3.21. The molecule has 1 amide bonds. The number of primary amides is 1. The second kappa shape index (κ2) is 17.7. The number of carbonyl (C=O) groups excluding carboxylic acids is 1. The molecule has 1 heterocycles. The number of aromatic nitrogens is 1. The first-order valence-electron chi connectivity index (χ1n) is 17.4. The summed E-state index contributed by atoms with van der Waals surface area (Å²) in [7, 11) is -9.95. The van der Waals surface area contributed by atoms with Gasteiger partial charge in [-0.15, -0.1) is 24.8 Å². The number of nitrogens with zero attached hydrogens (tertiary/aromatic N) is 7. The molecule has 28 heteroatoms. The van der Waals surface area contributed by atoms with Gasteiger partial charge in [0, 0.05) is 23.6 Å². The zero-order valence-electron chi connectivity index (χ0n) is 32.2. The van der Waals surface area contributed by atoms with Crippen LogP contribution >= 0.6 is 12.0 Å². The van der Waals surface area contributed by atoms with Crippen LogP contribution in [0.15, 0.2) is 111 Å². The van der Waals surface area contributed by atoms with Crippen molar-refractivity contribution in [2.75, 3.05) is 0 Å². The number of amides is 1. The number of rotatable bonds is 14. The number of carboxylic acid groups (broad SMARTS) is 1. The molecule has 0 bridgehead atoms. The number of nitrogens with two attached hydrogens (primary N) is 1. The van der Waals surface area contributed by atoms with Crippen LogP contribution in [-0.2, 0) is 36.2 Å². The summed E-state index contributed by atoms with van der Waals surface area (Å²) in [5, 5.41) is 88.6. The molecule has 0 fully saturated rings. The number of carbonyl (C=O) groups is 2. The minimum atomic E-state index is -5.12. The van der Waals surface area contributed by atoms with Gasteiger partial charge in [-0.2, -0.15) is 27.1 Å². The standard InChI is InChI=1S/C36H28N8O17S3/c1-3-44-34(49)26(33(37)48)14(2)28(35(44)50)41-38-17-5-4-15-10-25(64(57,58)59)30(31(46)20(15)11-17)43-39-18-6-7-22(21(12-18)36(51)52)40-42-29-24(62-61-60-53)9-16-8-19(63(54,55)56)13-23(45)27(16)32(29)47/h4-13,45-47,50,53H,3H2,1-2H3,(H2,37,48)(H,51,52)(H,54,55,56)(H,57,58,59)/b41-38+,42-40+,43-39+. The number of benzene rings is 5. The van der Waals surface area contributed by atoms with Crippen LogP contribution in [0.1, 0.15) is 33.2 Å². The van der Waals surface area contributed by atoms with E-state index in [9.17, 15) is 65.9 Å². The van der Waals surface area contributed by atoms with Gasteiger partial charge in [0.1, 0.15) is 39.0 Å². The first-order chi connectivity index (χ1) is 30.1. The van der Waals surface area contributed by atoms with Crippen molar-refractivity contribution >= 4 is 99.8 Å². The van der Waals surface area contributed by atoms with E-state index in [1.165, 1.54) is 32.0 Å². The summed E-state index contributed by atoms with van der Waals surface area (Å²) in [5.74, 6) is -5.85. The Hall–Kier alpha value is -7.44. The fourth-order valence-electron chi connectivity index (χ4n) is 6.16. The van der Waals surface area contributed by atoms with Gasteiger partial charge in [0.15, 0.2) is 11.5 Å². The molecular formula is C36H28N8O17S3. The third-order valence-electron chi connectivity index (χ3n) is 9.09. The Balaban J connectivity index is 1.40. The Morgan fingerprint density at radius 1 is 0.781 bits per heavy atom. The van der Waals surface area contributed by atoms with E-state index in [0.29, 0.717) is 6.07 Å². The summed E-state index contributed by atoms with van der Waals surface area (Å²) in [5.41, 5.74) is 1.10. The zero-order valence-corrected chi connectivity index (χ0v) is 34.6. The first kappa shape index (κ1) is 46.1. The molecule has 0 saturated heterocycles. The number of phenolic OH excluding ortho intramolecular Hbond substituents is 3. The molecule has 332 valence electrons. The predicted molar refractivity (Wildman–Crippen MR) is 220 cm³/mol. The molecule has 0 saturated carbocycles. The summed E-state index contributed by atoms with van der Waals surface area (Å²) >= 11 is 0.211. The van der Waals surface area contributed by atoms with Gasteiger partial charge < -0.3 is 31.3 Å². The number of aromatic carboxylic acids is 1. The van der Waals surface area contributed by atoms with Crippen LogP contribution in [0.25, 0.3) is 21.5 Å². The van der Waals surface area contributed by atoms with E-state index < -0.39 is 98.8 Å². The number of hydrogen-bond donors (Lipinski definition) is 9. The van der Waals surface area contributed by atoms with Gasteiger partial charge in [0.25, 0.3) is 31.7 Å². The van der Waals surface area contributed by atoms with E-state index in [4.69, 9.17) is 11.0 Å². The Bertz CT molecular complexity index is 3360. The average molecular weight is 941 g/mol. The van der Waals surface area contributed by atoms with Crippen LogP contribution in [0.2, 0.25) is 0 Å². The van der Waals surface area contributed by atoms with Gasteiger partial charge >= 0.3 is 5.97 Å². The van der Waals surface area contributed by atoms with Gasteiger partial charge in [-0.25, -0.2) is 10.1 Å². The number of aromatic hydroxyl groups is 4. The lowest BCUT2D eigenvalue weighted by atomic mass is 10.1. The number of phenols is 3. The highest BCUT2D eigenvalue weighted by Gasteiger charge is 2.25. The minimum absolute atomic E-state index is 0.0186. The predicted octanol–water partition coefficient (Wildman–Crippen LogP) is 7.27. The summed E-state index contributed by atoms with van der Waals surface area (Å²) in [6.07, 6.45) is 0. The number of hydrogen-bond acceptors (Lipinski definition) is 21. The first-order valence-corrected chi connectivity index (χ1v) is 21.0. The van der Waals surface area contributed by atoms with E-state index in [1.807, 2.05) is 0 Å². The van der Waals surface area contributed by atoms with Crippen LogP contribution < -0.4 is 11.3 Å². The van der Waals surface area contributed by atoms with Crippen molar-refractivity contribution in [3.8, 4) is 23.1 Å². The number of azo groups is 3. The topological polar surface area (TPSA) is 405 Å². The van der Waals surface area contributed by atoms with E-state index in [-0.39, 0.29) is 67.7 Å². The monoisotopic (exact) mass is 940 g/mol. The maximum Gasteiger partial charge on any atom is 0.338 e. The van der Waals surface area contributed by atoms with Crippen molar-refractivity contribution in [1.29, 1.82) is 0 Å². The van der Waals surface area contributed by atoms with Crippen molar-refractivity contribution in [3.05, 3.63) is 87.7 Å². The summed E-state index contributed by atoms with van der Waals surface area (Å²) in [6.45, 7) is 2.78. The molecule has 10 N–H and O–H groups in total. The molecular weight excluding hydrogens is 913 g/mol. The van der Waals surface area contributed by atoms with Crippen molar-refractivity contribution in [3.63, 3.8) is 0 Å². The third-order valence-corrected chi connectivity index (χ3v) is 11.4. The van der Waals surface area contributed by atoms with Crippen molar-refractivity contribution < 1.29 is 75.7 Å². The van der Waals surface area contributed by atoms with Crippen LogP contribution in [0.4, 0.5) is 34.1 Å². The molecule has 0 spiro atoms. The van der Waals surface area contributed by atoms with Crippen molar-refractivity contribution in [2.45, 2.75) is 35.1 Å². The fraction of sp³-hybridized carbons (Fsp3) is 0.0833. The lowest BCUT2D eigenvalue weighted by Gasteiger charge is -2.12. The summed E-state index contributed by atoms with van der Waals surface area (Å²) < 4.78 is 73.1. The fourth-order valence-corrected chi connectivity index (χ4v) is 7.85. The minimum Gasteiger partial charge on any atom is -0.507 e. The molecule has 0 radical (unpaired) electrons. The second-order valence-corrected chi connectivity index (χ2v) is 16.5. The van der Waals surface area contributed by atoms with Gasteiger partial charge in [-0.05, 0) is 73.2 Å². The highest BCUT2D eigenvalue weighted by atomic mass is 32.2. The van der Waals surface area contributed by atoms with Gasteiger partial charge in [-0.3, -0.25) is 23.3 Å². The molecule has 0 unspecified atom stereocenters. The van der Waals surface area contributed by atoms with Gasteiger partial charge in [0.2, 0.25) is 5.88 Å². The molecule has 6 aromatic rings. The molecule has 0 atom stereocenters. The normalized spacial score (nSPS) is 12.4. The highest BCUT2D eigenvalue weighted by molar-refractivity contribution is 7.94. The highest BCUT2D eigenvalue weighted by Crippen LogP contribution is 2.48. The van der Waals surface area contributed by atoms with E-state index in [0.717, 1.165) is 41.0 Å². The van der Waals surface area contributed by atoms with E-state index >= 15 is 0 Å². The van der Waals surface area contributed by atoms with Crippen LogP contribution in [-0.4, -0.2) is 73.2 Å². The SMILES string of the molecule is CCn1c(O)c(/N=N/c2ccc3cc(S(=O)(=O)O)c(/N=N/c4ccc(/N=N/c5c(SOOO)cc6cc(S(=O)(=O)O)cc(O)c6c5O)c(C(=O)O)c4)c(O)c3c2)c(C)c(C(N)=O)c1=O. The number of carboxylic acids is 1. The molecule has 0 aliphatic carbocycles. The maximum absolute atomic E-state index is 12.7. The zero-order chi connectivity index (χ0) is 47.0. The Kier molecular flexibility index (Phi) is 12.8. The molecule has 5 aromatic carbocycles. The molecule has 6 rings (SSSR count). The molecule has 25 nitrogen and oxygen atoms in total. The van der Waals surface area contributed by atoms with E-state index in [2.05, 4.69) is 40.1 Å². The lowest BCUT2D eigenvalue weighted by Crippen LogP contribution is -2.30. The molecule has 0 aliphatic rings. The summed E-state index contributed by atoms with van der Waals surface area (Å²) in [4.78, 5) is 35.1. The Labute approximate surface area is 361 Å². The lowest BCUT2D eigenvalue weighted by molar-refractivity contribution is -0.432. The molecule has 0 aliphatic heterocycles. The van der Waals surface area contributed by atoms with Crippen LogP contribution in [0.5, 0.6) is 23.1 Å². The summed E-state index contributed by atoms with van der Waals surface area (Å²) in [6, 6.07) is 10.4. The van der Waals surface area contributed by atoms with Crippen molar-refractivity contribution in [2.24, 2.45) is 36.4 Å². The van der Waals surface area contributed by atoms with Crippen molar-refractivity contribution in [1.82, 2.24) is 4.57 Å². The Morgan fingerprint density at radius 2 is 1.42 bits per heavy atom. The van der Waals surface area contributed by atoms with Gasteiger partial charge in [-0.1, -0.05) is 11.1 Å². The number of fused-ring (bicyclic) bond motifs is 2. The molecule has 1 aromatic heterocycles. The van der Waals surface area contributed by atoms with E-state index in [1.54, 1.807) is 0 Å². The second-order valence-electron chi connectivity index (χ2n) is 13.0. The smallest absolute Gasteiger partial charge is 0.338 e. The van der Waals surface area contributed by atoms with Crippen LogP contribution in [0.3, 0.4) is 0 Å². The number of pyridine rings is 1. The molecule has 64 heavy (non-hydrogen) atoms. The quantitative estimate of drug-likeness (QED) is 0.0170. The largest absolute Gasteiger partial charge is 0.507 e. The Morgan fingerprint density at radius 3 is 2.03 bits per heavy atom.